The Morgan fingerprint density at radius 1 is 1.05 bits per heavy atom. The van der Waals surface area contributed by atoms with E-state index in [4.69, 9.17) is 5.73 Å². The van der Waals surface area contributed by atoms with Crippen molar-refractivity contribution in [2.75, 3.05) is 0 Å². The van der Waals surface area contributed by atoms with Gasteiger partial charge in [-0.2, -0.15) is 0 Å². The molecule has 3 heteroatoms. The fourth-order valence-electron chi connectivity index (χ4n) is 2.29. The van der Waals surface area contributed by atoms with Gasteiger partial charge in [-0.05, 0) is 24.5 Å². The molecule has 2 aromatic carbocycles. The number of amides is 1. The van der Waals surface area contributed by atoms with Crippen molar-refractivity contribution >= 4 is 5.91 Å². The van der Waals surface area contributed by atoms with Gasteiger partial charge in [-0.1, -0.05) is 67.1 Å². The van der Waals surface area contributed by atoms with Gasteiger partial charge in [-0.25, -0.2) is 0 Å². The third-order valence-electron chi connectivity index (χ3n) is 3.65. The summed E-state index contributed by atoms with van der Waals surface area (Å²) in [6, 6.07) is 17.0. The lowest BCUT2D eigenvalue weighted by Gasteiger charge is -2.20. The van der Waals surface area contributed by atoms with Gasteiger partial charge in [0.05, 0.1) is 6.04 Å². The summed E-state index contributed by atoms with van der Waals surface area (Å²) in [5.74, 6) is -0.145. The van der Waals surface area contributed by atoms with Gasteiger partial charge >= 0.3 is 0 Å². The summed E-state index contributed by atoms with van der Waals surface area (Å²) in [5, 5.41) is 3.04. The van der Waals surface area contributed by atoms with E-state index in [2.05, 4.69) is 43.4 Å². The van der Waals surface area contributed by atoms with E-state index >= 15 is 0 Å². The zero-order valence-corrected chi connectivity index (χ0v) is 12.5. The van der Waals surface area contributed by atoms with Crippen LogP contribution in [0.4, 0.5) is 0 Å². The standard InChI is InChI=1S/C18H22N2O/c1-3-16(14-11-9-13(2)10-12-14)20-18(21)17(19)15-7-5-4-6-8-15/h4-12,16-17H,3,19H2,1-2H3,(H,20,21)/t16?,17-/m1/s1. The Morgan fingerprint density at radius 2 is 1.67 bits per heavy atom. The van der Waals surface area contributed by atoms with Gasteiger partial charge in [-0.15, -0.1) is 0 Å². The summed E-state index contributed by atoms with van der Waals surface area (Å²) >= 11 is 0. The Bertz CT molecular complexity index is 578. The van der Waals surface area contributed by atoms with Crippen molar-refractivity contribution in [1.29, 1.82) is 0 Å². The Labute approximate surface area is 126 Å². The molecule has 0 aliphatic carbocycles. The lowest BCUT2D eigenvalue weighted by molar-refractivity contribution is -0.123. The van der Waals surface area contributed by atoms with Gasteiger partial charge in [0.1, 0.15) is 6.04 Å². The molecule has 1 amide bonds. The molecule has 0 aliphatic heterocycles. The minimum atomic E-state index is -0.634. The Morgan fingerprint density at radius 3 is 2.24 bits per heavy atom. The molecule has 2 rings (SSSR count). The first-order valence-corrected chi connectivity index (χ1v) is 7.29. The van der Waals surface area contributed by atoms with Crippen LogP contribution in [0.2, 0.25) is 0 Å². The molecule has 0 aromatic heterocycles. The molecule has 0 saturated carbocycles. The summed E-state index contributed by atoms with van der Waals surface area (Å²) in [7, 11) is 0. The molecule has 0 radical (unpaired) electrons. The maximum Gasteiger partial charge on any atom is 0.241 e. The van der Waals surface area contributed by atoms with Crippen LogP contribution in [0.25, 0.3) is 0 Å². The van der Waals surface area contributed by atoms with E-state index in [0.717, 1.165) is 17.5 Å². The van der Waals surface area contributed by atoms with Crippen molar-refractivity contribution in [3.05, 3.63) is 71.3 Å². The van der Waals surface area contributed by atoms with Crippen LogP contribution in [0.3, 0.4) is 0 Å². The Hall–Kier alpha value is -2.13. The number of benzene rings is 2. The van der Waals surface area contributed by atoms with Gasteiger partial charge in [-0.3, -0.25) is 4.79 Å². The van der Waals surface area contributed by atoms with E-state index in [1.54, 1.807) is 0 Å². The predicted octanol–water partition coefficient (Wildman–Crippen LogP) is 3.26. The zero-order chi connectivity index (χ0) is 15.2. The average Bonchev–Trinajstić information content (AvgIpc) is 2.53. The van der Waals surface area contributed by atoms with Crippen molar-refractivity contribution in [3.63, 3.8) is 0 Å². The van der Waals surface area contributed by atoms with E-state index in [-0.39, 0.29) is 11.9 Å². The smallest absolute Gasteiger partial charge is 0.241 e. The number of aryl methyl sites for hydroxylation is 1. The molecule has 0 aliphatic rings. The van der Waals surface area contributed by atoms with Gasteiger partial charge in [0.15, 0.2) is 0 Å². The largest absolute Gasteiger partial charge is 0.348 e. The highest BCUT2D eigenvalue weighted by Gasteiger charge is 2.19. The second-order valence-electron chi connectivity index (χ2n) is 5.27. The third kappa shape index (κ3) is 3.92. The van der Waals surface area contributed by atoms with Crippen LogP contribution in [-0.2, 0) is 4.79 Å². The predicted molar refractivity (Wildman–Crippen MR) is 85.7 cm³/mol. The number of nitrogens with one attached hydrogen (secondary N) is 1. The van der Waals surface area contributed by atoms with Gasteiger partial charge in [0.2, 0.25) is 5.91 Å². The highest BCUT2D eigenvalue weighted by molar-refractivity contribution is 5.83. The van der Waals surface area contributed by atoms with E-state index in [9.17, 15) is 4.79 Å². The molecular formula is C18H22N2O. The molecule has 2 aromatic rings. The highest BCUT2D eigenvalue weighted by atomic mass is 16.2. The fraction of sp³-hybridized carbons (Fsp3) is 0.278. The topological polar surface area (TPSA) is 55.1 Å². The van der Waals surface area contributed by atoms with Crippen LogP contribution in [-0.4, -0.2) is 5.91 Å². The number of carbonyl (C=O) groups excluding carboxylic acids is 1. The molecule has 3 nitrogen and oxygen atoms in total. The molecule has 3 N–H and O–H groups in total. The first-order chi connectivity index (χ1) is 10.1. The van der Waals surface area contributed by atoms with Crippen molar-refractivity contribution in [2.24, 2.45) is 5.73 Å². The lowest BCUT2D eigenvalue weighted by atomic mass is 10.0. The first-order valence-electron chi connectivity index (χ1n) is 7.29. The summed E-state index contributed by atoms with van der Waals surface area (Å²) in [6.45, 7) is 4.10. The van der Waals surface area contributed by atoms with Crippen LogP contribution in [0, 0.1) is 6.92 Å². The number of nitrogens with two attached hydrogens (primary N) is 1. The highest BCUT2D eigenvalue weighted by Crippen LogP contribution is 2.19. The SMILES string of the molecule is CCC(NC(=O)[C@H](N)c1ccccc1)c1ccc(C)cc1. The fourth-order valence-corrected chi connectivity index (χ4v) is 2.29. The van der Waals surface area contributed by atoms with Gasteiger partial charge in [0, 0.05) is 0 Å². The molecule has 0 fully saturated rings. The summed E-state index contributed by atoms with van der Waals surface area (Å²) < 4.78 is 0. The molecule has 21 heavy (non-hydrogen) atoms. The molecule has 0 saturated heterocycles. The van der Waals surface area contributed by atoms with E-state index in [1.807, 2.05) is 30.3 Å². The Kier molecular flexibility index (Phi) is 5.12. The number of hydrogen-bond acceptors (Lipinski definition) is 2. The average molecular weight is 282 g/mol. The van der Waals surface area contributed by atoms with Crippen LogP contribution in [0.5, 0.6) is 0 Å². The zero-order valence-electron chi connectivity index (χ0n) is 12.5. The third-order valence-corrected chi connectivity index (χ3v) is 3.65. The van der Waals surface area contributed by atoms with E-state index in [1.165, 1.54) is 5.56 Å². The Balaban J connectivity index is 2.08. The molecular weight excluding hydrogens is 260 g/mol. The van der Waals surface area contributed by atoms with Crippen LogP contribution < -0.4 is 11.1 Å². The number of hydrogen-bond donors (Lipinski definition) is 2. The lowest BCUT2D eigenvalue weighted by Crippen LogP contribution is -2.36. The van der Waals surface area contributed by atoms with Crippen molar-refractivity contribution in [2.45, 2.75) is 32.4 Å². The van der Waals surface area contributed by atoms with Gasteiger partial charge in [0.25, 0.3) is 0 Å². The minimum absolute atomic E-state index is 0.00661. The minimum Gasteiger partial charge on any atom is -0.348 e. The second-order valence-corrected chi connectivity index (χ2v) is 5.27. The molecule has 2 atom stereocenters. The van der Waals surface area contributed by atoms with E-state index in [0.29, 0.717) is 0 Å². The van der Waals surface area contributed by atoms with Crippen LogP contribution >= 0.6 is 0 Å². The molecule has 0 heterocycles. The molecule has 1 unspecified atom stereocenters. The first kappa shape index (κ1) is 15.3. The number of rotatable bonds is 5. The summed E-state index contributed by atoms with van der Waals surface area (Å²) in [6.07, 6.45) is 0.830. The molecule has 0 spiro atoms. The molecule has 0 bridgehead atoms. The normalized spacial score (nSPS) is 13.5. The van der Waals surface area contributed by atoms with E-state index < -0.39 is 6.04 Å². The maximum absolute atomic E-state index is 12.3. The number of carbonyl (C=O) groups is 1. The van der Waals surface area contributed by atoms with Crippen LogP contribution in [0.15, 0.2) is 54.6 Å². The van der Waals surface area contributed by atoms with Crippen molar-refractivity contribution in [1.82, 2.24) is 5.32 Å². The summed E-state index contributed by atoms with van der Waals surface area (Å²) in [5.41, 5.74) is 9.18. The monoisotopic (exact) mass is 282 g/mol. The molecule has 110 valence electrons. The quantitative estimate of drug-likeness (QED) is 0.884. The van der Waals surface area contributed by atoms with Crippen molar-refractivity contribution < 1.29 is 4.79 Å². The van der Waals surface area contributed by atoms with Crippen LogP contribution in [0.1, 0.15) is 42.1 Å². The summed E-state index contributed by atoms with van der Waals surface area (Å²) in [4.78, 5) is 12.3. The maximum atomic E-state index is 12.3. The van der Waals surface area contributed by atoms with Crippen molar-refractivity contribution in [3.8, 4) is 0 Å². The second kappa shape index (κ2) is 7.04. The van der Waals surface area contributed by atoms with Gasteiger partial charge < -0.3 is 11.1 Å².